The molecule has 1 aliphatic carbocycles. The minimum Gasteiger partial charge on any atom is -0.444 e. The van der Waals surface area contributed by atoms with Crippen LogP contribution in [0.1, 0.15) is 38.2 Å². The molecule has 216 valence electrons. The molecule has 3 aliphatic heterocycles. The zero-order chi connectivity index (χ0) is 28.8. The Morgan fingerprint density at radius 3 is 2.54 bits per heavy atom. The number of ether oxygens (including phenoxy) is 1. The standard InChI is InChI=1S/C32H42N8O/c1-4-35-32(33)30-24(3)40(28-14-12-27(13-15-28)38-17-19-39(34)20-18-38)37-31(30)26-11-8-16-36-29(41-23(2)21-26)22-25-9-6-5-7-10-25/h4-11,21,27-28,33,37H,2-3,12-20,22,34H2,1H3/b11-8-,26-21+,33-32?,35-4?,36-29?. The van der Waals surface area contributed by atoms with Gasteiger partial charge in [-0.1, -0.05) is 55.6 Å². The highest BCUT2D eigenvalue weighted by molar-refractivity contribution is 6.05. The summed E-state index contributed by atoms with van der Waals surface area (Å²) in [6.07, 6.45) is 12.5. The monoisotopic (exact) mass is 554 g/mol. The number of hydrazine groups is 2. The fourth-order valence-electron chi connectivity index (χ4n) is 6.05. The van der Waals surface area contributed by atoms with Crippen molar-refractivity contribution in [3.63, 3.8) is 0 Å². The Labute approximate surface area is 243 Å². The van der Waals surface area contributed by atoms with Gasteiger partial charge in [0.25, 0.3) is 0 Å². The van der Waals surface area contributed by atoms with Gasteiger partial charge < -0.3 is 4.74 Å². The molecule has 0 radical (unpaired) electrons. The topological polar surface area (TPSA) is 106 Å². The number of benzene rings is 1. The quantitative estimate of drug-likeness (QED) is 0.278. The van der Waals surface area contributed by atoms with Crippen LogP contribution in [-0.4, -0.2) is 77.7 Å². The number of nitrogens with zero attached hydrogens (tertiary/aromatic N) is 5. The van der Waals surface area contributed by atoms with Crippen LogP contribution < -0.4 is 11.3 Å². The second kappa shape index (κ2) is 13.2. The van der Waals surface area contributed by atoms with E-state index in [1.807, 2.05) is 48.4 Å². The number of nitrogens with two attached hydrogens (primary N) is 1. The van der Waals surface area contributed by atoms with Crippen molar-refractivity contribution in [2.75, 3.05) is 32.7 Å². The van der Waals surface area contributed by atoms with Gasteiger partial charge in [-0.25, -0.2) is 10.0 Å². The third-order valence-corrected chi connectivity index (χ3v) is 8.18. The Kier molecular flexibility index (Phi) is 9.28. The predicted octanol–water partition coefficient (Wildman–Crippen LogP) is 4.11. The lowest BCUT2D eigenvalue weighted by Crippen LogP contribution is -2.54. The molecular formula is C32H42N8O. The summed E-state index contributed by atoms with van der Waals surface area (Å²) in [5.41, 5.74) is 7.86. The average molecular weight is 555 g/mol. The molecule has 0 amide bonds. The third kappa shape index (κ3) is 6.93. The van der Waals surface area contributed by atoms with Crippen molar-refractivity contribution >= 4 is 17.9 Å². The number of nitrogens with one attached hydrogen (secondary N) is 2. The molecule has 3 heterocycles. The van der Waals surface area contributed by atoms with Crippen LogP contribution in [0.3, 0.4) is 0 Å². The molecule has 0 bridgehead atoms. The zero-order valence-corrected chi connectivity index (χ0v) is 24.1. The molecule has 1 aromatic rings. The Hall–Kier alpha value is -3.79. The number of piperazine rings is 1. The number of allylic oxidation sites excluding steroid dienone is 2. The molecule has 0 aromatic heterocycles. The number of hydrogen-bond donors (Lipinski definition) is 3. The second-order valence-corrected chi connectivity index (χ2v) is 10.9. The minimum absolute atomic E-state index is 0.178. The van der Waals surface area contributed by atoms with Gasteiger partial charge in [0.2, 0.25) is 0 Å². The van der Waals surface area contributed by atoms with Crippen LogP contribution in [0.25, 0.3) is 0 Å². The van der Waals surface area contributed by atoms with Crippen molar-refractivity contribution in [3.05, 3.63) is 95.6 Å². The van der Waals surface area contributed by atoms with E-state index in [4.69, 9.17) is 16.0 Å². The largest absolute Gasteiger partial charge is 0.444 e. The van der Waals surface area contributed by atoms with Crippen LogP contribution in [0.4, 0.5) is 0 Å². The number of amidine groups is 1. The van der Waals surface area contributed by atoms with Crippen molar-refractivity contribution in [1.29, 1.82) is 5.41 Å². The van der Waals surface area contributed by atoms with E-state index in [-0.39, 0.29) is 11.9 Å². The number of hydrogen-bond acceptors (Lipinski definition) is 8. The van der Waals surface area contributed by atoms with Gasteiger partial charge in [0.1, 0.15) is 5.76 Å². The predicted molar refractivity (Wildman–Crippen MR) is 166 cm³/mol. The molecule has 41 heavy (non-hydrogen) atoms. The molecule has 0 atom stereocenters. The maximum absolute atomic E-state index is 8.77. The molecule has 2 fully saturated rings. The summed E-state index contributed by atoms with van der Waals surface area (Å²) < 4.78 is 6.11. The van der Waals surface area contributed by atoms with Crippen LogP contribution in [0.5, 0.6) is 0 Å². The molecule has 1 aromatic carbocycles. The van der Waals surface area contributed by atoms with Crippen LogP contribution in [0.2, 0.25) is 0 Å². The number of aliphatic imine (C=N–C) groups is 2. The van der Waals surface area contributed by atoms with Crippen LogP contribution in [-0.2, 0) is 11.2 Å². The van der Waals surface area contributed by atoms with E-state index in [0.29, 0.717) is 36.2 Å². The molecule has 9 heteroatoms. The third-order valence-electron chi connectivity index (χ3n) is 8.18. The van der Waals surface area contributed by atoms with Gasteiger partial charge >= 0.3 is 0 Å². The molecule has 9 nitrogen and oxygen atoms in total. The molecular weight excluding hydrogens is 512 g/mol. The Morgan fingerprint density at radius 1 is 1.12 bits per heavy atom. The smallest absolute Gasteiger partial charge is 0.194 e. The average Bonchev–Trinajstić information content (AvgIpc) is 3.35. The van der Waals surface area contributed by atoms with Crippen LogP contribution >= 0.6 is 0 Å². The molecule has 0 spiro atoms. The summed E-state index contributed by atoms with van der Waals surface area (Å²) >= 11 is 0. The van der Waals surface area contributed by atoms with Gasteiger partial charge in [0.15, 0.2) is 11.7 Å². The van der Waals surface area contributed by atoms with Crippen molar-refractivity contribution in [1.82, 2.24) is 20.3 Å². The highest BCUT2D eigenvalue weighted by Gasteiger charge is 2.37. The minimum atomic E-state index is 0.178. The fraction of sp³-hybridized carbons (Fsp3) is 0.406. The maximum Gasteiger partial charge on any atom is 0.194 e. The highest BCUT2D eigenvalue weighted by Crippen LogP contribution is 2.36. The maximum atomic E-state index is 8.77. The molecule has 1 saturated heterocycles. The van der Waals surface area contributed by atoms with E-state index in [9.17, 15) is 0 Å². The summed E-state index contributed by atoms with van der Waals surface area (Å²) in [7, 11) is 0. The van der Waals surface area contributed by atoms with E-state index in [0.717, 1.165) is 74.4 Å². The van der Waals surface area contributed by atoms with Crippen molar-refractivity contribution < 1.29 is 4.74 Å². The Morgan fingerprint density at radius 2 is 1.83 bits per heavy atom. The van der Waals surface area contributed by atoms with E-state index < -0.39 is 0 Å². The van der Waals surface area contributed by atoms with Gasteiger partial charge in [0.05, 0.1) is 29.6 Å². The lowest BCUT2D eigenvalue weighted by Gasteiger charge is -2.43. The van der Waals surface area contributed by atoms with Gasteiger partial charge in [-0.15, -0.1) is 0 Å². The first-order valence-corrected chi connectivity index (χ1v) is 14.6. The Balaban J connectivity index is 1.32. The fourth-order valence-corrected chi connectivity index (χ4v) is 6.05. The number of rotatable bonds is 6. The Bertz CT molecular complexity index is 1290. The van der Waals surface area contributed by atoms with Crippen molar-refractivity contribution in [2.45, 2.75) is 51.1 Å². The van der Waals surface area contributed by atoms with E-state index in [2.05, 4.69) is 50.6 Å². The summed E-state index contributed by atoms with van der Waals surface area (Å²) in [6, 6.07) is 11.0. The van der Waals surface area contributed by atoms with E-state index in [1.54, 1.807) is 6.21 Å². The molecule has 0 unspecified atom stereocenters. The lowest BCUT2D eigenvalue weighted by molar-refractivity contribution is 0.0585. The summed E-state index contributed by atoms with van der Waals surface area (Å²) in [5, 5.41) is 12.8. The first-order chi connectivity index (χ1) is 19.9. The second-order valence-electron chi connectivity index (χ2n) is 10.9. The summed E-state index contributed by atoms with van der Waals surface area (Å²) in [4.78, 5) is 11.6. The lowest BCUT2D eigenvalue weighted by atomic mass is 9.89. The molecule has 1 saturated carbocycles. The van der Waals surface area contributed by atoms with Crippen molar-refractivity contribution in [2.24, 2.45) is 15.8 Å². The van der Waals surface area contributed by atoms with Crippen molar-refractivity contribution in [3.8, 4) is 0 Å². The summed E-state index contributed by atoms with van der Waals surface area (Å²) in [5.74, 6) is 7.26. The van der Waals surface area contributed by atoms with Crippen LogP contribution in [0.15, 0.2) is 100 Å². The van der Waals surface area contributed by atoms with Crippen LogP contribution in [0, 0.1) is 5.41 Å². The van der Waals surface area contributed by atoms with E-state index >= 15 is 0 Å². The van der Waals surface area contributed by atoms with Gasteiger partial charge in [-0.3, -0.25) is 31.6 Å². The SMILES string of the molecule is C=C1/C=C(C2=C(C(=N)N=CC)C(=C)N(C3CCC(N4CCN(N)CC4)CC3)N2)\C=C/CN=C(Cc2ccccc2)O1. The van der Waals surface area contributed by atoms with Gasteiger partial charge in [0, 0.05) is 50.4 Å². The van der Waals surface area contributed by atoms with Gasteiger partial charge in [-0.2, -0.15) is 0 Å². The van der Waals surface area contributed by atoms with E-state index in [1.165, 1.54) is 0 Å². The first-order valence-electron chi connectivity index (χ1n) is 14.6. The zero-order valence-electron chi connectivity index (χ0n) is 24.1. The normalized spacial score (nSPS) is 26.9. The molecule has 4 N–H and O–H groups in total. The summed E-state index contributed by atoms with van der Waals surface area (Å²) in [6.45, 7) is 14.8. The first kappa shape index (κ1) is 28.7. The highest BCUT2D eigenvalue weighted by atomic mass is 16.5. The molecule has 4 aliphatic rings. The van der Waals surface area contributed by atoms with Gasteiger partial charge in [-0.05, 0) is 44.2 Å². The molecule has 5 rings (SSSR count).